The van der Waals surface area contributed by atoms with Crippen LogP contribution in [0.4, 0.5) is 0 Å². The Labute approximate surface area is 127 Å². The number of tetrazole rings is 1. The van der Waals surface area contributed by atoms with Crippen molar-refractivity contribution in [1.29, 1.82) is 0 Å². The molecular weight excluding hydrogens is 290 g/mol. The lowest BCUT2D eigenvalue weighted by Crippen LogP contribution is -2.26. The molecule has 0 aliphatic carbocycles. The van der Waals surface area contributed by atoms with E-state index >= 15 is 0 Å². The largest absolute Gasteiger partial charge is 0.351 e. The Hall–Kier alpha value is -1.90. The van der Waals surface area contributed by atoms with Crippen molar-refractivity contribution in [2.24, 2.45) is 7.05 Å². The molecular formula is C12H19N7OS. The lowest BCUT2D eigenvalue weighted by atomic mass is 10.2. The molecule has 0 aromatic carbocycles. The van der Waals surface area contributed by atoms with Gasteiger partial charge in [0, 0.05) is 32.1 Å². The van der Waals surface area contributed by atoms with E-state index in [1.807, 2.05) is 11.6 Å². The molecule has 0 unspecified atom stereocenters. The molecule has 2 aromatic heterocycles. The van der Waals surface area contributed by atoms with Crippen LogP contribution in [-0.2, 0) is 13.6 Å². The molecule has 0 saturated heterocycles. The third kappa shape index (κ3) is 4.03. The van der Waals surface area contributed by atoms with E-state index in [4.69, 9.17) is 0 Å². The number of aromatic nitrogens is 6. The van der Waals surface area contributed by atoms with Gasteiger partial charge in [-0.2, -0.15) is 5.10 Å². The molecule has 0 fully saturated rings. The molecule has 1 amide bonds. The molecule has 0 aliphatic heterocycles. The van der Waals surface area contributed by atoms with Gasteiger partial charge in [0.05, 0.1) is 11.3 Å². The standard InChI is InChI=1S/C12H19N7OS/c1-4-6-19-8-10(9(2)15-19)11(20)13-5-7-21-12-14-16-17-18(12)3/h8H,4-7H2,1-3H3,(H,13,20). The fraction of sp³-hybridized carbons (Fsp3) is 0.583. The van der Waals surface area contributed by atoms with Crippen molar-refractivity contribution < 1.29 is 4.79 Å². The van der Waals surface area contributed by atoms with Crippen LogP contribution in [0.2, 0.25) is 0 Å². The lowest BCUT2D eigenvalue weighted by molar-refractivity contribution is 0.0955. The first kappa shape index (κ1) is 15.5. The highest BCUT2D eigenvalue weighted by atomic mass is 32.2. The van der Waals surface area contributed by atoms with Crippen LogP contribution in [0.3, 0.4) is 0 Å². The number of hydrogen-bond acceptors (Lipinski definition) is 6. The molecule has 0 radical (unpaired) electrons. The zero-order chi connectivity index (χ0) is 15.2. The molecule has 0 saturated carbocycles. The minimum atomic E-state index is -0.0912. The second kappa shape index (κ2) is 7.21. The summed E-state index contributed by atoms with van der Waals surface area (Å²) in [5.41, 5.74) is 1.39. The number of rotatable bonds is 7. The zero-order valence-electron chi connectivity index (χ0n) is 12.4. The Balaban J connectivity index is 1.80. The maximum atomic E-state index is 12.1. The van der Waals surface area contributed by atoms with Gasteiger partial charge in [-0.1, -0.05) is 18.7 Å². The van der Waals surface area contributed by atoms with Crippen molar-refractivity contribution in [1.82, 2.24) is 35.3 Å². The van der Waals surface area contributed by atoms with Gasteiger partial charge in [0.15, 0.2) is 0 Å². The van der Waals surface area contributed by atoms with E-state index < -0.39 is 0 Å². The summed E-state index contributed by atoms with van der Waals surface area (Å²) in [6, 6.07) is 0. The predicted molar refractivity (Wildman–Crippen MR) is 79.1 cm³/mol. The molecule has 114 valence electrons. The number of amides is 1. The van der Waals surface area contributed by atoms with Crippen LogP contribution in [0.25, 0.3) is 0 Å². The minimum absolute atomic E-state index is 0.0912. The van der Waals surface area contributed by atoms with Crippen LogP contribution in [0, 0.1) is 6.92 Å². The highest BCUT2D eigenvalue weighted by molar-refractivity contribution is 7.99. The summed E-state index contributed by atoms with van der Waals surface area (Å²) in [5.74, 6) is 0.619. The lowest BCUT2D eigenvalue weighted by Gasteiger charge is -2.03. The van der Waals surface area contributed by atoms with Crippen molar-refractivity contribution in [2.45, 2.75) is 32.0 Å². The SMILES string of the molecule is CCCn1cc(C(=O)NCCSc2nnnn2C)c(C)n1. The number of aryl methyl sites for hydroxylation is 3. The van der Waals surface area contributed by atoms with Crippen molar-refractivity contribution in [3.05, 3.63) is 17.5 Å². The van der Waals surface area contributed by atoms with Gasteiger partial charge in [-0.05, 0) is 23.8 Å². The van der Waals surface area contributed by atoms with Gasteiger partial charge in [-0.15, -0.1) is 5.10 Å². The van der Waals surface area contributed by atoms with Crippen LogP contribution < -0.4 is 5.32 Å². The second-order valence-corrected chi connectivity index (χ2v) is 5.64. The molecule has 2 rings (SSSR count). The minimum Gasteiger partial charge on any atom is -0.351 e. The van der Waals surface area contributed by atoms with Crippen LogP contribution in [0.1, 0.15) is 29.4 Å². The molecule has 0 spiro atoms. The average molecular weight is 309 g/mol. The third-order valence-electron chi connectivity index (χ3n) is 2.84. The van der Waals surface area contributed by atoms with Gasteiger partial charge in [-0.25, -0.2) is 4.68 Å². The van der Waals surface area contributed by atoms with E-state index in [9.17, 15) is 4.79 Å². The second-order valence-electron chi connectivity index (χ2n) is 4.58. The van der Waals surface area contributed by atoms with E-state index in [0.717, 1.165) is 23.8 Å². The first-order valence-corrected chi connectivity index (χ1v) is 7.77. The van der Waals surface area contributed by atoms with Crippen LogP contribution >= 0.6 is 11.8 Å². The van der Waals surface area contributed by atoms with Gasteiger partial charge in [-0.3, -0.25) is 9.48 Å². The number of thioether (sulfide) groups is 1. The third-order valence-corrected chi connectivity index (χ3v) is 3.86. The van der Waals surface area contributed by atoms with Gasteiger partial charge in [0.2, 0.25) is 5.16 Å². The first-order chi connectivity index (χ1) is 10.1. The summed E-state index contributed by atoms with van der Waals surface area (Å²) in [5, 5.41) is 19.1. The number of hydrogen-bond donors (Lipinski definition) is 1. The quantitative estimate of drug-likeness (QED) is 0.596. The Kier molecular flexibility index (Phi) is 5.32. The van der Waals surface area contributed by atoms with Crippen LogP contribution in [-0.4, -0.2) is 48.2 Å². The Bertz CT molecular complexity index is 607. The van der Waals surface area contributed by atoms with Crippen molar-refractivity contribution in [3.63, 3.8) is 0 Å². The molecule has 8 nitrogen and oxygen atoms in total. The molecule has 0 atom stereocenters. The van der Waals surface area contributed by atoms with Crippen molar-refractivity contribution in [2.75, 3.05) is 12.3 Å². The monoisotopic (exact) mass is 309 g/mol. The molecule has 1 N–H and O–H groups in total. The molecule has 21 heavy (non-hydrogen) atoms. The van der Waals surface area contributed by atoms with Gasteiger partial charge in [0.25, 0.3) is 5.91 Å². The van der Waals surface area contributed by atoms with E-state index in [0.29, 0.717) is 17.9 Å². The highest BCUT2D eigenvalue weighted by Crippen LogP contribution is 2.11. The predicted octanol–water partition coefficient (Wildman–Crippen LogP) is 0.647. The Morgan fingerprint density at radius 1 is 1.48 bits per heavy atom. The van der Waals surface area contributed by atoms with Crippen LogP contribution in [0.15, 0.2) is 11.4 Å². The highest BCUT2D eigenvalue weighted by Gasteiger charge is 2.12. The summed E-state index contributed by atoms with van der Waals surface area (Å²) >= 11 is 1.50. The molecule has 0 aliphatic rings. The maximum Gasteiger partial charge on any atom is 0.254 e. The van der Waals surface area contributed by atoms with E-state index in [1.165, 1.54) is 11.8 Å². The van der Waals surface area contributed by atoms with E-state index in [2.05, 4.69) is 32.9 Å². The first-order valence-electron chi connectivity index (χ1n) is 6.79. The van der Waals surface area contributed by atoms with Crippen LogP contribution in [0.5, 0.6) is 0 Å². The van der Waals surface area contributed by atoms with Crippen molar-refractivity contribution in [3.8, 4) is 0 Å². The molecule has 9 heteroatoms. The normalized spacial score (nSPS) is 10.8. The maximum absolute atomic E-state index is 12.1. The number of carbonyl (C=O) groups is 1. The summed E-state index contributed by atoms with van der Waals surface area (Å²) < 4.78 is 3.41. The van der Waals surface area contributed by atoms with Gasteiger partial charge >= 0.3 is 0 Å². The van der Waals surface area contributed by atoms with Crippen molar-refractivity contribution >= 4 is 17.7 Å². The smallest absolute Gasteiger partial charge is 0.254 e. The fourth-order valence-corrected chi connectivity index (χ4v) is 2.53. The zero-order valence-corrected chi connectivity index (χ0v) is 13.2. The molecule has 0 bridgehead atoms. The number of nitrogens with zero attached hydrogens (tertiary/aromatic N) is 6. The number of nitrogens with one attached hydrogen (secondary N) is 1. The van der Waals surface area contributed by atoms with Gasteiger partial charge in [0.1, 0.15) is 0 Å². The summed E-state index contributed by atoms with van der Waals surface area (Å²) in [6.45, 7) is 5.30. The summed E-state index contributed by atoms with van der Waals surface area (Å²) in [6.07, 6.45) is 2.79. The van der Waals surface area contributed by atoms with E-state index in [1.54, 1.807) is 17.9 Å². The topological polar surface area (TPSA) is 90.5 Å². The summed E-state index contributed by atoms with van der Waals surface area (Å²) in [4.78, 5) is 12.1. The molecule has 2 aromatic rings. The average Bonchev–Trinajstić information content (AvgIpc) is 3.01. The Morgan fingerprint density at radius 3 is 2.95 bits per heavy atom. The van der Waals surface area contributed by atoms with E-state index in [-0.39, 0.29) is 5.91 Å². The number of carbonyl (C=O) groups excluding carboxylic acids is 1. The fourth-order valence-electron chi connectivity index (χ4n) is 1.83. The molecule has 2 heterocycles. The van der Waals surface area contributed by atoms with Gasteiger partial charge < -0.3 is 5.32 Å². The Morgan fingerprint density at radius 2 is 2.29 bits per heavy atom. The summed E-state index contributed by atoms with van der Waals surface area (Å²) in [7, 11) is 1.78.